The number of halogens is 2. The molecule has 2 aromatic rings. The lowest BCUT2D eigenvalue weighted by Gasteiger charge is -2.11. The molecule has 0 atom stereocenters. The summed E-state index contributed by atoms with van der Waals surface area (Å²) in [5.74, 6) is -0.131. The zero-order valence-corrected chi connectivity index (χ0v) is 15.3. The topological polar surface area (TPSA) is 61.8 Å². The summed E-state index contributed by atoms with van der Waals surface area (Å²) in [6, 6.07) is 9.35. The molecule has 0 aliphatic rings. The molecule has 0 aromatic heterocycles. The van der Waals surface area contributed by atoms with Crippen LogP contribution in [0.4, 0.5) is 0 Å². The Balaban J connectivity index is 2.09. The second-order valence-electron chi connectivity index (χ2n) is 4.70. The van der Waals surface area contributed by atoms with E-state index in [-0.39, 0.29) is 18.0 Å². The molecule has 7 heteroatoms. The van der Waals surface area contributed by atoms with E-state index in [2.05, 4.69) is 15.9 Å². The fourth-order valence-corrected chi connectivity index (χ4v) is 2.60. The van der Waals surface area contributed by atoms with Gasteiger partial charge in [-0.25, -0.2) is 4.79 Å². The molecular formula is C17H14BrClO5. The monoisotopic (exact) mass is 412 g/mol. The van der Waals surface area contributed by atoms with Gasteiger partial charge in [-0.2, -0.15) is 0 Å². The number of ketones is 1. The van der Waals surface area contributed by atoms with Crippen molar-refractivity contribution in [1.29, 1.82) is 0 Å². The van der Waals surface area contributed by atoms with Crippen LogP contribution in [0.15, 0.2) is 40.9 Å². The zero-order chi connectivity index (χ0) is 17.7. The first-order chi connectivity index (χ1) is 11.5. The molecule has 0 aliphatic carbocycles. The van der Waals surface area contributed by atoms with E-state index in [9.17, 15) is 9.59 Å². The minimum Gasteiger partial charge on any atom is -0.495 e. The van der Waals surface area contributed by atoms with Crippen LogP contribution in [0.3, 0.4) is 0 Å². The summed E-state index contributed by atoms with van der Waals surface area (Å²) < 4.78 is 16.0. The molecule has 0 radical (unpaired) electrons. The van der Waals surface area contributed by atoms with Crippen molar-refractivity contribution < 1.29 is 23.8 Å². The number of Topliss-reactive ketones (excluding diaryl/α,β-unsaturated/α-hetero) is 1. The number of ether oxygens (including phenoxy) is 3. The molecule has 0 spiro atoms. The molecule has 0 N–H and O–H groups in total. The summed E-state index contributed by atoms with van der Waals surface area (Å²) in [4.78, 5) is 24.2. The Hall–Kier alpha value is -2.05. The lowest BCUT2D eigenvalue weighted by Crippen LogP contribution is -2.14. The van der Waals surface area contributed by atoms with Gasteiger partial charge in [0.05, 0.1) is 19.8 Å². The number of carbonyl (C=O) groups is 2. The van der Waals surface area contributed by atoms with Gasteiger partial charge in [0.1, 0.15) is 16.0 Å². The van der Waals surface area contributed by atoms with Gasteiger partial charge < -0.3 is 14.2 Å². The van der Waals surface area contributed by atoms with Gasteiger partial charge in [0.25, 0.3) is 0 Å². The van der Waals surface area contributed by atoms with Crippen LogP contribution in [-0.4, -0.2) is 32.6 Å². The van der Waals surface area contributed by atoms with Gasteiger partial charge in [0.2, 0.25) is 0 Å². The first-order valence-corrected chi connectivity index (χ1v) is 8.00. The van der Waals surface area contributed by atoms with Crippen LogP contribution in [0.1, 0.15) is 20.7 Å². The van der Waals surface area contributed by atoms with E-state index in [0.29, 0.717) is 26.6 Å². The molecule has 0 heterocycles. The highest BCUT2D eigenvalue weighted by Crippen LogP contribution is 2.35. The maximum Gasteiger partial charge on any atom is 0.338 e. The summed E-state index contributed by atoms with van der Waals surface area (Å²) in [5.41, 5.74) is 0.633. The third-order valence-corrected chi connectivity index (χ3v) is 4.22. The number of hydrogen-bond acceptors (Lipinski definition) is 5. The SMILES string of the molecule is COc1cc(C(=O)OCC(=O)c2ccc(Cl)cc2)cc(OC)c1Br. The van der Waals surface area contributed by atoms with Crippen molar-refractivity contribution in [2.24, 2.45) is 0 Å². The molecule has 0 fully saturated rings. The van der Waals surface area contributed by atoms with E-state index in [1.807, 2.05) is 0 Å². The van der Waals surface area contributed by atoms with E-state index in [0.717, 1.165) is 0 Å². The standard InChI is InChI=1S/C17H14BrClO5/c1-22-14-7-11(8-15(23-2)16(14)18)17(21)24-9-13(20)10-3-5-12(19)6-4-10/h3-8H,9H2,1-2H3. The fraction of sp³-hybridized carbons (Fsp3) is 0.176. The highest BCUT2D eigenvalue weighted by atomic mass is 79.9. The predicted octanol–water partition coefficient (Wildman–Crippen LogP) is 4.16. The fourth-order valence-electron chi connectivity index (χ4n) is 1.92. The lowest BCUT2D eigenvalue weighted by atomic mass is 10.1. The third-order valence-electron chi connectivity index (χ3n) is 3.18. The Labute approximate surface area is 152 Å². The second kappa shape index (κ2) is 8.17. The van der Waals surface area contributed by atoms with E-state index in [4.69, 9.17) is 25.8 Å². The van der Waals surface area contributed by atoms with Gasteiger partial charge >= 0.3 is 5.97 Å². The largest absolute Gasteiger partial charge is 0.495 e. The number of methoxy groups -OCH3 is 2. The van der Waals surface area contributed by atoms with Gasteiger partial charge in [-0.3, -0.25) is 4.79 Å². The van der Waals surface area contributed by atoms with Crippen LogP contribution >= 0.6 is 27.5 Å². The Bertz CT molecular complexity index is 733. The molecule has 0 saturated heterocycles. The van der Waals surface area contributed by atoms with E-state index in [1.54, 1.807) is 24.3 Å². The number of carbonyl (C=O) groups excluding carboxylic acids is 2. The van der Waals surface area contributed by atoms with Gasteiger partial charge in [0, 0.05) is 10.6 Å². The Morgan fingerprint density at radius 1 is 1.00 bits per heavy atom. The van der Waals surface area contributed by atoms with Gasteiger partial charge in [-0.15, -0.1) is 0 Å². The van der Waals surface area contributed by atoms with Crippen LogP contribution in [0.25, 0.3) is 0 Å². The Morgan fingerprint density at radius 2 is 1.54 bits per heavy atom. The zero-order valence-electron chi connectivity index (χ0n) is 13.0. The molecule has 2 rings (SSSR count). The maximum absolute atomic E-state index is 12.2. The summed E-state index contributed by atoms with van der Waals surface area (Å²) in [6.07, 6.45) is 0. The highest BCUT2D eigenvalue weighted by Gasteiger charge is 2.17. The number of benzene rings is 2. The van der Waals surface area contributed by atoms with Crippen molar-refractivity contribution in [2.45, 2.75) is 0 Å². The molecule has 0 bridgehead atoms. The Morgan fingerprint density at radius 3 is 2.04 bits per heavy atom. The first-order valence-electron chi connectivity index (χ1n) is 6.83. The van der Waals surface area contributed by atoms with Crippen LogP contribution < -0.4 is 9.47 Å². The minimum atomic E-state index is -0.651. The summed E-state index contributed by atoms with van der Waals surface area (Å²) in [6.45, 7) is -0.374. The normalized spacial score (nSPS) is 10.2. The predicted molar refractivity (Wildman–Crippen MR) is 93.3 cm³/mol. The average molecular weight is 414 g/mol. The molecule has 5 nitrogen and oxygen atoms in total. The molecule has 2 aromatic carbocycles. The summed E-state index contributed by atoms with van der Waals surface area (Å²) >= 11 is 9.09. The van der Waals surface area contributed by atoms with Crippen LogP contribution in [0, 0.1) is 0 Å². The van der Waals surface area contributed by atoms with Crippen LogP contribution in [0.5, 0.6) is 11.5 Å². The minimum absolute atomic E-state index is 0.218. The summed E-state index contributed by atoms with van der Waals surface area (Å²) in [5, 5.41) is 0.526. The van der Waals surface area contributed by atoms with Crippen molar-refractivity contribution in [3.8, 4) is 11.5 Å². The number of hydrogen-bond donors (Lipinski definition) is 0. The van der Waals surface area contributed by atoms with Crippen molar-refractivity contribution >= 4 is 39.3 Å². The quantitative estimate of drug-likeness (QED) is 0.526. The molecule has 0 amide bonds. The van der Waals surface area contributed by atoms with E-state index < -0.39 is 5.97 Å². The highest BCUT2D eigenvalue weighted by molar-refractivity contribution is 9.10. The smallest absolute Gasteiger partial charge is 0.338 e. The summed E-state index contributed by atoms with van der Waals surface area (Å²) in [7, 11) is 2.94. The van der Waals surface area contributed by atoms with E-state index in [1.165, 1.54) is 26.4 Å². The first kappa shape index (κ1) is 18.3. The van der Waals surface area contributed by atoms with E-state index >= 15 is 0 Å². The lowest BCUT2D eigenvalue weighted by molar-refractivity contribution is 0.0474. The van der Waals surface area contributed by atoms with Crippen molar-refractivity contribution in [3.05, 3.63) is 57.0 Å². The maximum atomic E-state index is 12.2. The van der Waals surface area contributed by atoms with Gasteiger partial charge in [-0.05, 0) is 52.3 Å². The van der Waals surface area contributed by atoms with Crippen molar-refractivity contribution in [3.63, 3.8) is 0 Å². The van der Waals surface area contributed by atoms with Crippen LogP contribution in [-0.2, 0) is 4.74 Å². The molecule has 126 valence electrons. The van der Waals surface area contributed by atoms with Gasteiger partial charge in [0.15, 0.2) is 12.4 Å². The second-order valence-corrected chi connectivity index (χ2v) is 5.93. The van der Waals surface area contributed by atoms with Crippen molar-refractivity contribution in [2.75, 3.05) is 20.8 Å². The molecule has 0 saturated carbocycles. The molecule has 0 unspecified atom stereocenters. The van der Waals surface area contributed by atoms with Gasteiger partial charge in [-0.1, -0.05) is 11.6 Å². The van der Waals surface area contributed by atoms with Crippen molar-refractivity contribution in [1.82, 2.24) is 0 Å². The number of rotatable bonds is 6. The average Bonchev–Trinajstić information content (AvgIpc) is 2.60. The molecule has 24 heavy (non-hydrogen) atoms. The third kappa shape index (κ3) is 4.27. The molecular weight excluding hydrogens is 400 g/mol. The Kier molecular flexibility index (Phi) is 6.23. The molecule has 0 aliphatic heterocycles. The number of esters is 1. The van der Waals surface area contributed by atoms with Crippen LogP contribution in [0.2, 0.25) is 5.02 Å².